The molecule has 1 amide bonds. The lowest BCUT2D eigenvalue weighted by Gasteiger charge is -2.13. The first-order valence-electron chi connectivity index (χ1n) is 8.08. The first-order valence-corrected chi connectivity index (χ1v) is 8.08. The molecular formula is C17H17F3N4O2. The van der Waals surface area contributed by atoms with Gasteiger partial charge in [0.15, 0.2) is 0 Å². The van der Waals surface area contributed by atoms with Crippen LogP contribution in [-0.2, 0) is 10.9 Å². The molecule has 2 aromatic rings. The van der Waals surface area contributed by atoms with Gasteiger partial charge in [-0.2, -0.15) is 13.2 Å². The Hall–Kier alpha value is -2.68. The molecule has 1 aromatic carbocycles. The van der Waals surface area contributed by atoms with Crippen LogP contribution >= 0.6 is 0 Å². The molecule has 6 nitrogen and oxygen atoms in total. The number of alkyl halides is 3. The molecule has 3 rings (SSSR count). The molecular weight excluding hydrogens is 349 g/mol. The molecule has 1 aliphatic heterocycles. The summed E-state index contributed by atoms with van der Waals surface area (Å²) in [7, 11) is 0. The topological polar surface area (TPSA) is 76.1 Å². The van der Waals surface area contributed by atoms with Gasteiger partial charge in [-0.3, -0.25) is 4.79 Å². The number of para-hydroxylation sites is 1. The molecule has 26 heavy (non-hydrogen) atoms. The van der Waals surface area contributed by atoms with Gasteiger partial charge in [0.25, 0.3) is 5.91 Å². The Labute approximate surface area is 147 Å². The molecule has 1 aliphatic rings. The number of nitrogens with zero attached hydrogens (tertiary/aromatic N) is 2. The van der Waals surface area contributed by atoms with Crippen molar-refractivity contribution in [3.8, 4) is 0 Å². The lowest BCUT2D eigenvalue weighted by Crippen LogP contribution is -2.20. The molecule has 0 spiro atoms. The molecule has 0 saturated carbocycles. The number of rotatable bonds is 5. The van der Waals surface area contributed by atoms with Crippen LogP contribution in [0.5, 0.6) is 0 Å². The lowest BCUT2D eigenvalue weighted by molar-refractivity contribution is -0.136. The van der Waals surface area contributed by atoms with Gasteiger partial charge in [-0.25, -0.2) is 9.97 Å². The van der Waals surface area contributed by atoms with Crippen molar-refractivity contribution in [3.63, 3.8) is 0 Å². The number of hydrogen-bond acceptors (Lipinski definition) is 5. The Morgan fingerprint density at radius 1 is 1.23 bits per heavy atom. The Kier molecular flexibility index (Phi) is 5.36. The fraction of sp³-hybridized carbons (Fsp3) is 0.353. The van der Waals surface area contributed by atoms with Crippen molar-refractivity contribution >= 4 is 17.4 Å². The highest BCUT2D eigenvalue weighted by Crippen LogP contribution is 2.34. The van der Waals surface area contributed by atoms with Gasteiger partial charge in [0, 0.05) is 13.2 Å². The molecule has 1 unspecified atom stereocenters. The van der Waals surface area contributed by atoms with Crippen LogP contribution in [0.3, 0.4) is 0 Å². The first kappa shape index (κ1) is 18.1. The van der Waals surface area contributed by atoms with Crippen LogP contribution in [0.2, 0.25) is 0 Å². The van der Waals surface area contributed by atoms with Crippen molar-refractivity contribution in [2.75, 3.05) is 23.8 Å². The van der Waals surface area contributed by atoms with E-state index in [0.29, 0.717) is 12.4 Å². The summed E-state index contributed by atoms with van der Waals surface area (Å²) in [5.41, 5.74) is -1.33. The number of anilines is 2. The highest BCUT2D eigenvalue weighted by molar-refractivity contribution is 6.03. The van der Waals surface area contributed by atoms with Gasteiger partial charge in [0.1, 0.15) is 11.5 Å². The monoisotopic (exact) mass is 366 g/mol. The highest BCUT2D eigenvalue weighted by atomic mass is 19.4. The van der Waals surface area contributed by atoms with Gasteiger partial charge >= 0.3 is 6.18 Å². The van der Waals surface area contributed by atoms with Crippen LogP contribution in [0.1, 0.15) is 28.9 Å². The predicted molar refractivity (Wildman–Crippen MR) is 88.9 cm³/mol. The van der Waals surface area contributed by atoms with Crippen LogP contribution < -0.4 is 10.6 Å². The van der Waals surface area contributed by atoms with Crippen molar-refractivity contribution in [2.24, 2.45) is 0 Å². The van der Waals surface area contributed by atoms with E-state index < -0.39 is 17.6 Å². The molecule has 2 heterocycles. The average Bonchev–Trinajstić information content (AvgIpc) is 3.13. The quantitative estimate of drug-likeness (QED) is 0.849. The third-order valence-electron chi connectivity index (χ3n) is 3.90. The number of nitrogens with one attached hydrogen (secondary N) is 2. The smallest absolute Gasteiger partial charge is 0.376 e. The summed E-state index contributed by atoms with van der Waals surface area (Å²) in [6.45, 7) is 1.33. The van der Waals surface area contributed by atoms with Crippen LogP contribution in [0, 0.1) is 0 Å². The van der Waals surface area contributed by atoms with Crippen molar-refractivity contribution in [1.82, 2.24) is 9.97 Å². The Morgan fingerprint density at radius 3 is 2.69 bits per heavy atom. The van der Waals surface area contributed by atoms with Gasteiger partial charge in [-0.15, -0.1) is 0 Å². The summed E-state index contributed by atoms with van der Waals surface area (Å²) in [5, 5.41) is 5.28. The van der Waals surface area contributed by atoms with E-state index in [2.05, 4.69) is 20.6 Å². The van der Waals surface area contributed by atoms with Crippen molar-refractivity contribution in [1.29, 1.82) is 0 Å². The van der Waals surface area contributed by atoms with E-state index in [0.717, 1.165) is 25.5 Å². The fourth-order valence-electron chi connectivity index (χ4n) is 2.59. The SMILES string of the molecule is O=C(Nc1ccccc1C(F)(F)F)c1cnc(NCC2CCCO2)cn1. The summed E-state index contributed by atoms with van der Waals surface area (Å²) in [6, 6.07) is 4.76. The number of benzene rings is 1. The van der Waals surface area contributed by atoms with Crippen LogP contribution in [0.25, 0.3) is 0 Å². The Morgan fingerprint density at radius 2 is 2.04 bits per heavy atom. The Balaban J connectivity index is 1.63. The molecule has 0 bridgehead atoms. The van der Waals surface area contributed by atoms with E-state index in [4.69, 9.17) is 4.74 Å². The second-order valence-corrected chi connectivity index (χ2v) is 5.80. The maximum absolute atomic E-state index is 13.0. The molecule has 138 valence electrons. The van der Waals surface area contributed by atoms with Gasteiger partial charge in [0.05, 0.1) is 29.7 Å². The maximum Gasteiger partial charge on any atom is 0.418 e. The number of amides is 1. The van der Waals surface area contributed by atoms with Crippen molar-refractivity contribution in [3.05, 3.63) is 47.9 Å². The minimum Gasteiger partial charge on any atom is -0.376 e. The summed E-state index contributed by atoms with van der Waals surface area (Å²) < 4.78 is 44.4. The van der Waals surface area contributed by atoms with E-state index in [9.17, 15) is 18.0 Å². The zero-order valence-electron chi connectivity index (χ0n) is 13.7. The molecule has 0 radical (unpaired) electrons. The number of ether oxygens (including phenoxy) is 1. The molecule has 2 N–H and O–H groups in total. The van der Waals surface area contributed by atoms with Crippen molar-refractivity contribution < 1.29 is 22.7 Å². The second kappa shape index (κ2) is 7.69. The van der Waals surface area contributed by atoms with E-state index in [-0.39, 0.29) is 17.5 Å². The predicted octanol–water partition coefficient (Wildman–Crippen LogP) is 3.34. The van der Waals surface area contributed by atoms with Gasteiger partial charge in [-0.1, -0.05) is 12.1 Å². The molecule has 1 fully saturated rings. The Bertz CT molecular complexity index is 759. The van der Waals surface area contributed by atoms with Crippen LogP contribution in [0.15, 0.2) is 36.7 Å². The number of aromatic nitrogens is 2. The standard InChI is InChI=1S/C17H17F3N4O2/c18-17(19,20)12-5-1-2-6-13(12)24-16(25)14-9-23-15(10-21-14)22-8-11-4-3-7-26-11/h1-2,5-6,9-11H,3-4,7-8H2,(H,22,23)(H,24,25). The third-order valence-corrected chi connectivity index (χ3v) is 3.90. The number of carbonyl (C=O) groups is 1. The van der Waals surface area contributed by atoms with Gasteiger partial charge in [-0.05, 0) is 25.0 Å². The molecule has 1 saturated heterocycles. The zero-order valence-corrected chi connectivity index (χ0v) is 13.7. The minimum absolute atomic E-state index is 0.0790. The summed E-state index contributed by atoms with van der Waals surface area (Å²) >= 11 is 0. The molecule has 9 heteroatoms. The fourth-order valence-corrected chi connectivity index (χ4v) is 2.59. The lowest BCUT2D eigenvalue weighted by atomic mass is 10.1. The van der Waals surface area contributed by atoms with E-state index >= 15 is 0 Å². The largest absolute Gasteiger partial charge is 0.418 e. The third kappa shape index (κ3) is 4.48. The van der Waals surface area contributed by atoms with Gasteiger partial charge in [0.2, 0.25) is 0 Å². The summed E-state index contributed by atoms with van der Waals surface area (Å²) in [4.78, 5) is 20.2. The normalized spacial score (nSPS) is 17.1. The summed E-state index contributed by atoms with van der Waals surface area (Å²) in [5.74, 6) is -0.299. The number of carbonyl (C=O) groups excluding carboxylic acids is 1. The number of hydrogen-bond donors (Lipinski definition) is 2. The second-order valence-electron chi connectivity index (χ2n) is 5.80. The first-order chi connectivity index (χ1) is 12.4. The maximum atomic E-state index is 13.0. The van der Waals surface area contributed by atoms with E-state index in [1.54, 1.807) is 0 Å². The van der Waals surface area contributed by atoms with Crippen molar-refractivity contribution in [2.45, 2.75) is 25.1 Å². The summed E-state index contributed by atoms with van der Waals surface area (Å²) in [6.07, 6.45) is 0.128. The molecule has 0 aliphatic carbocycles. The number of halogens is 3. The zero-order chi connectivity index (χ0) is 18.6. The van der Waals surface area contributed by atoms with Crippen LogP contribution in [0.4, 0.5) is 24.7 Å². The molecule has 1 atom stereocenters. The van der Waals surface area contributed by atoms with Crippen LogP contribution in [-0.4, -0.2) is 35.1 Å². The van der Waals surface area contributed by atoms with E-state index in [1.807, 2.05) is 0 Å². The van der Waals surface area contributed by atoms with Gasteiger partial charge < -0.3 is 15.4 Å². The highest BCUT2D eigenvalue weighted by Gasteiger charge is 2.33. The van der Waals surface area contributed by atoms with E-state index in [1.165, 1.54) is 30.6 Å². The minimum atomic E-state index is -4.56. The molecule has 1 aromatic heterocycles. The average molecular weight is 366 g/mol.